The minimum absolute atomic E-state index is 0.334. The second kappa shape index (κ2) is 9.78. The van der Waals surface area contributed by atoms with E-state index < -0.39 is 5.97 Å². The Labute approximate surface area is 162 Å². The third-order valence-electron chi connectivity index (χ3n) is 5.34. The lowest BCUT2D eigenvalue weighted by Gasteiger charge is -2.33. The van der Waals surface area contributed by atoms with Gasteiger partial charge in [0.25, 0.3) is 0 Å². The number of halogens is 1. The number of hydrogen-bond donors (Lipinski definition) is 1. The van der Waals surface area contributed by atoms with Crippen LogP contribution in [-0.4, -0.2) is 11.1 Å². The molecule has 0 aromatic heterocycles. The number of aromatic carboxylic acids is 1. The zero-order chi connectivity index (χ0) is 19.1. The smallest absolute Gasteiger partial charge is 0.335 e. The molecule has 1 aliphatic rings. The number of carboxylic acids is 1. The average molecular weight is 373 g/mol. The Hall–Kier alpha value is -1.80. The number of carboxylic acid groups (broad SMARTS) is 1. The van der Waals surface area contributed by atoms with Crippen LogP contribution in [0.25, 0.3) is 0 Å². The molecule has 0 fully saturated rings. The van der Waals surface area contributed by atoms with Crippen LogP contribution in [0.2, 0.25) is 0 Å². The molecule has 0 spiro atoms. The van der Waals surface area contributed by atoms with Crippen LogP contribution in [0, 0.1) is 11.8 Å². The van der Waals surface area contributed by atoms with Crippen LogP contribution >= 0.6 is 11.6 Å². The first-order valence-electron chi connectivity index (χ1n) is 9.48. The molecule has 26 heavy (non-hydrogen) atoms. The molecule has 3 heteroatoms. The van der Waals surface area contributed by atoms with Gasteiger partial charge in [0.1, 0.15) is 0 Å². The van der Waals surface area contributed by atoms with Gasteiger partial charge in [-0.05, 0) is 67.2 Å². The van der Waals surface area contributed by atoms with Crippen LogP contribution in [-0.2, 0) is 0 Å². The van der Waals surface area contributed by atoms with Crippen LogP contribution in [0.5, 0.6) is 0 Å². The fourth-order valence-corrected chi connectivity index (χ4v) is 4.15. The third-order valence-corrected chi connectivity index (χ3v) is 5.66. The van der Waals surface area contributed by atoms with Gasteiger partial charge >= 0.3 is 5.97 Å². The van der Waals surface area contributed by atoms with Gasteiger partial charge in [-0.15, -0.1) is 6.58 Å². The van der Waals surface area contributed by atoms with Crippen LogP contribution < -0.4 is 0 Å². The number of allylic oxidation sites excluding steroid dienone is 5. The zero-order valence-electron chi connectivity index (χ0n) is 15.7. The SMILES string of the molecule is C=CC(C)C(C1=CC=C(Cl)CCC1)C(CCC)c1ccc(C(=O)O)cc1. The molecule has 1 aromatic rings. The van der Waals surface area contributed by atoms with Gasteiger partial charge in [0.2, 0.25) is 0 Å². The maximum absolute atomic E-state index is 11.2. The predicted octanol–water partition coefficient (Wildman–Crippen LogP) is 6.94. The molecule has 1 aliphatic carbocycles. The molecule has 3 atom stereocenters. The molecule has 140 valence electrons. The van der Waals surface area contributed by atoms with E-state index in [1.54, 1.807) is 12.1 Å². The first-order valence-corrected chi connectivity index (χ1v) is 9.86. The van der Waals surface area contributed by atoms with Crippen molar-refractivity contribution in [2.24, 2.45) is 11.8 Å². The summed E-state index contributed by atoms with van der Waals surface area (Å²) >= 11 is 6.25. The quantitative estimate of drug-likeness (QED) is 0.502. The topological polar surface area (TPSA) is 37.3 Å². The Kier molecular flexibility index (Phi) is 7.71. The Morgan fingerprint density at radius 3 is 2.54 bits per heavy atom. The van der Waals surface area contributed by atoms with E-state index in [1.807, 2.05) is 24.3 Å². The molecular weight excluding hydrogens is 344 g/mol. The monoisotopic (exact) mass is 372 g/mol. The Balaban J connectivity index is 2.43. The summed E-state index contributed by atoms with van der Waals surface area (Å²) in [5.74, 6) is 0.141. The fraction of sp³-hybridized carbons (Fsp3) is 0.435. The van der Waals surface area contributed by atoms with E-state index in [4.69, 9.17) is 11.6 Å². The van der Waals surface area contributed by atoms with E-state index >= 15 is 0 Å². The molecule has 0 aliphatic heterocycles. The van der Waals surface area contributed by atoms with Crippen LogP contribution in [0.4, 0.5) is 0 Å². The highest BCUT2D eigenvalue weighted by molar-refractivity contribution is 6.29. The summed E-state index contributed by atoms with van der Waals surface area (Å²) in [6.07, 6.45) is 11.5. The largest absolute Gasteiger partial charge is 0.478 e. The van der Waals surface area contributed by atoms with E-state index in [1.165, 1.54) is 11.1 Å². The third kappa shape index (κ3) is 5.11. The second-order valence-electron chi connectivity index (χ2n) is 7.15. The first-order chi connectivity index (χ1) is 12.5. The maximum Gasteiger partial charge on any atom is 0.335 e. The molecule has 0 saturated carbocycles. The van der Waals surface area contributed by atoms with Crippen molar-refractivity contribution in [1.82, 2.24) is 0 Å². The van der Waals surface area contributed by atoms with Gasteiger partial charge in [-0.1, -0.05) is 61.7 Å². The van der Waals surface area contributed by atoms with Crippen molar-refractivity contribution in [1.29, 1.82) is 0 Å². The highest BCUT2D eigenvalue weighted by atomic mass is 35.5. The lowest BCUT2D eigenvalue weighted by atomic mass is 9.71. The molecule has 2 nitrogen and oxygen atoms in total. The van der Waals surface area contributed by atoms with Crippen molar-refractivity contribution >= 4 is 17.6 Å². The number of benzene rings is 1. The summed E-state index contributed by atoms with van der Waals surface area (Å²) in [6, 6.07) is 7.39. The van der Waals surface area contributed by atoms with Crippen molar-refractivity contribution in [3.8, 4) is 0 Å². The molecule has 0 radical (unpaired) electrons. The molecule has 0 heterocycles. The molecule has 0 amide bonds. The standard InChI is InChI=1S/C23H29ClO2/c1-4-7-21(17-10-12-19(13-11-17)23(25)26)22(16(3)5-2)18-8-6-9-20(24)15-14-18/h5,10-16,21-22H,2,4,6-9H2,1,3H3,(H,25,26). The Morgan fingerprint density at radius 1 is 1.27 bits per heavy atom. The number of hydrogen-bond acceptors (Lipinski definition) is 1. The average Bonchev–Trinajstić information content (AvgIpc) is 2.85. The summed E-state index contributed by atoms with van der Waals surface area (Å²) in [5, 5.41) is 10.1. The minimum Gasteiger partial charge on any atom is -0.478 e. The van der Waals surface area contributed by atoms with Crippen molar-refractivity contribution in [3.63, 3.8) is 0 Å². The van der Waals surface area contributed by atoms with Crippen molar-refractivity contribution in [3.05, 3.63) is 70.8 Å². The Morgan fingerprint density at radius 2 is 1.96 bits per heavy atom. The summed E-state index contributed by atoms with van der Waals surface area (Å²) in [6.45, 7) is 8.47. The van der Waals surface area contributed by atoms with Crippen LogP contribution in [0.3, 0.4) is 0 Å². The van der Waals surface area contributed by atoms with Gasteiger partial charge in [-0.25, -0.2) is 4.79 Å². The van der Waals surface area contributed by atoms with E-state index in [0.29, 0.717) is 23.3 Å². The lowest BCUT2D eigenvalue weighted by Crippen LogP contribution is -2.22. The van der Waals surface area contributed by atoms with Crippen LogP contribution in [0.1, 0.15) is 67.8 Å². The lowest BCUT2D eigenvalue weighted by molar-refractivity contribution is 0.0697. The van der Waals surface area contributed by atoms with Crippen molar-refractivity contribution < 1.29 is 9.90 Å². The van der Waals surface area contributed by atoms with E-state index in [2.05, 4.69) is 26.5 Å². The highest BCUT2D eigenvalue weighted by Gasteiger charge is 2.29. The summed E-state index contributed by atoms with van der Waals surface area (Å²) in [4.78, 5) is 11.2. The molecule has 2 rings (SSSR count). The molecule has 0 saturated heterocycles. The van der Waals surface area contributed by atoms with Gasteiger partial charge in [0.15, 0.2) is 0 Å². The Bertz CT molecular complexity index is 685. The number of rotatable bonds is 8. The van der Waals surface area contributed by atoms with E-state index in [-0.39, 0.29) is 0 Å². The summed E-state index contributed by atoms with van der Waals surface area (Å²) in [7, 11) is 0. The van der Waals surface area contributed by atoms with Crippen molar-refractivity contribution in [2.45, 2.75) is 51.9 Å². The summed E-state index contributed by atoms with van der Waals surface area (Å²) < 4.78 is 0. The molecule has 0 bridgehead atoms. The zero-order valence-corrected chi connectivity index (χ0v) is 16.5. The number of carbonyl (C=O) groups is 1. The van der Waals surface area contributed by atoms with E-state index in [0.717, 1.165) is 37.1 Å². The molecule has 1 N–H and O–H groups in total. The maximum atomic E-state index is 11.2. The van der Waals surface area contributed by atoms with Gasteiger partial charge < -0.3 is 5.11 Å². The second-order valence-corrected chi connectivity index (χ2v) is 7.64. The van der Waals surface area contributed by atoms with Gasteiger partial charge in [0, 0.05) is 5.03 Å². The normalized spacial score (nSPS) is 18.1. The van der Waals surface area contributed by atoms with E-state index in [9.17, 15) is 9.90 Å². The molecular formula is C23H29ClO2. The first kappa shape index (κ1) is 20.5. The predicted molar refractivity (Wildman–Crippen MR) is 110 cm³/mol. The van der Waals surface area contributed by atoms with Gasteiger partial charge in [-0.3, -0.25) is 0 Å². The fourth-order valence-electron chi connectivity index (χ4n) is 3.95. The minimum atomic E-state index is -0.883. The van der Waals surface area contributed by atoms with Gasteiger partial charge in [-0.2, -0.15) is 0 Å². The highest BCUT2D eigenvalue weighted by Crippen LogP contribution is 2.42. The van der Waals surface area contributed by atoms with Gasteiger partial charge in [0.05, 0.1) is 5.56 Å². The van der Waals surface area contributed by atoms with Crippen LogP contribution in [0.15, 0.2) is 59.7 Å². The molecule has 1 aromatic carbocycles. The summed E-state index contributed by atoms with van der Waals surface area (Å²) in [5.41, 5.74) is 2.96. The van der Waals surface area contributed by atoms with Crippen molar-refractivity contribution in [2.75, 3.05) is 0 Å². The molecule has 3 unspecified atom stereocenters.